The molecule has 0 saturated carbocycles. The number of anilines is 1. The molecule has 28 heavy (non-hydrogen) atoms. The Bertz CT molecular complexity index is 917. The van der Waals surface area contributed by atoms with Crippen molar-refractivity contribution in [2.45, 2.75) is 6.42 Å². The van der Waals surface area contributed by atoms with Gasteiger partial charge in [0, 0.05) is 32.4 Å². The van der Waals surface area contributed by atoms with Crippen molar-refractivity contribution in [1.29, 1.82) is 0 Å². The van der Waals surface area contributed by atoms with E-state index in [1.807, 2.05) is 47.4 Å². The van der Waals surface area contributed by atoms with Crippen LogP contribution in [0.3, 0.4) is 0 Å². The van der Waals surface area contributed by atoms with E-state index >= 15 is 0 Å². The average Bonchev–Trinajstić information content (AvgIpc) is 3.29. The van der Waals surface area contributed by atoms with Crippen molar-refractivity contribution in [3.8, 4) is 17.2 Å². The van der Waals surface area contributed by atoms with Gasteiger partial charge in [0.15, 0.2) is 5.76 Å². The van der Waals surface area contributed by atoms with Crippen LogP contribution in [0.1, 0.15) is 5.56 Å². The zero-order chi connectivity index (χ0) is 19.3. The minimum Gasteiger partial charge on any atom is -0.497 e. The first kappa shape index (κ1) is 18.0. The largest absolute Gasteiger partial charge is 0.497 e. The van der Waals surface area contributed by atoms with Gasteiger partial charge in [0.25, 0.3) is 0 Å². The number of benzene rings is 1. The molecule has 0 bridgehead atoms. The number of aromatic nitrogens is 2. The van der Waals surface area contributed by atoms with Crippen molar-refractivity contribution in [2.24, 2.45) is 0 Å². The minimum atomic E-state index is 0.134. The first-order chi connectivity index (χ1) is 13.7. The fraction of sp³-hybridized carbons (Fsp3) is 0.286. The number of methoxy groups -OCH3 is 1. The highest BCUT2D eigenvalue weighted by atomic mass is 16.5. The smallest absolute Gasteiger partial charge is 0.227 e. The SMILES string of the molecule is COc1ccc(CC(=O)N2CCN(c3nccc(-c4ccco4)n3)CC2)cc1. The predicted molar refractivity (Wildman–Crippen MR) is 105 cm³/mol. The number of rotatable bonds is 5. The van der Waals surface area contributed by atoms with Gasteiger partial charge in [0.2, 0.25) is 11.9 Å². The van der Waals surface area contributed by atoms with Gasteiger partial charge in [-0.2, -0.15) is 0 Å². The molecule has 1 saturated heterocycles. The first-order valence-corrected chi connectivity index (χ1v) is 9.25. The second-order valence-electron chi connectivity index (χ2n) is 6.61. The highest BCUT2D eigenvalue weighted by Gasteiger charge is 2.23. The summed E-state index contributed by atoms with van der Waals surface area (Å²) in [4.78, 5) is 25.6. The maximum atomic E-state index is 12.6. The molecule has 0 atom stereocenters. The van der Waals surface area contributed by atoms with Crippen LogP contribution in [0.5, 0.6) is 5.75 Å². The normalized spacial score (nSPS) is 14.2. The van der Waals surface area contributed by atoms with Gasteiger partial charge in [-0.05, 0) is 35.9 Å². The minimum absolute atomic E-state index is 0.134. The van der Waals surface area contributed by atoms with Gasteiger partial charge in [0.05, 0.1) is 19.8 Å². The lowest BCUT2D eigenvalue weighted by molar-refractivity contribution is -0.130. The summed E-state index contributed by atoms with van der Waals surface area (Å²) in [6.07, 6.45) is 3.76. The van der Waals surface area contributed by atoms with Crippen molar-refractivity contribution in [3.05, 3.63) is 60.5 Å². The number of nitrogens with zero attached hydrogens (tertiary/aromatic N) is 4. The molecule has 0 aliphatic carbocycles. The summed E-state index contributed by atoms with van der Waals surface area (Å²) in [6, 6.07) is 13.2. The van der Waals surface area contributed by atoms with Gasteiger partial charge in [-0.3, -0.25) is 4.79 Å². The zero-order valence-electron chi connectivity index (χ0n) is 15.7. The average molecular weight is 378 g/mol. The topological polar surface area (TPSA) is 71.7 Å². The number of carbonyl (C=O) groups is 1. The van der Waals surface area contributed by atoms with Crippen molar-refractivity contribution in [1.82, 2.24) is 14.9 Å². The van der Waals surface area contributed by atoms with Crippen molar-refractivity contribution < 1.29 is 13.9 Å². The third-order valence-corrected chi connectivity index (χ3v) is 4.85. The summed E-state index contributed by atoms with van der Waals surface area (Å²) in [5.41, 5.74) is 1.75. The number of amides is 1. The molecule has 1 aliphatic rings. The van der Waals surface area contributed by atoms with E-state index < -0.39 is 0 Å². The molecule has 4 rings (SSSR count). The van der Waals surface area contributed by atoms with Crippen LogP contribution in [0.2, 0.25) is 0 Å². The standard InChI is InChI=1S/C21H22N4O3/c1-27-17-6-4-16(5-7-17)15-20(26)24-10-12-25(13-11-24)21-22-9-8-18(23-21)19-3-2-14-28-19/h2-9,14H,10-13,15H2,1H3. The van der Waals surface area contributed by atoms with Crippen LogP contribution in [0.15, 0.2) is 59.3 Å². The van der Waals surface area contributed by atoms with Gasteiger partial charge in [0.1, 0.15) is 11.4 Å². The van der Waals surface area contributed by atoms with E-state index in [0.717, 1.165) is 22.8 Å². The number of hydrogen-bond acceptors (Lipinski definition) is 6. The first-order valence-electron chi connectivity index (χ1n) is 9.25. The van der Waals surface area contributed by atoms with Crippen LogP contribution in [0.25, 0.3) is 11.5 Å². The van der Waals surface area contributed by atoms with Crippen LogP contribution >= 0.6 is 0 Å². The molecule has 3 aromatic rings. The molecular weight excluding hydrogens is 356 g/mol. The van der Waals surface area contributed by atoms with E-state index in [2.05, 4.69) is 14.9 Å². The molecule has 144 valence electrons. The monoisotopic (exact) mass is 378 g/mol. The van der Waals surface area contributed by atoms with Crippen LogP contribution in [-0.2, 0) is 11.2 Å². The highest BCUT2D eigenvalue weighted by molar-refractivity contribution is 5.79. The quantitative estimate of drug-likeness (QED) is 0.680. The Morgan fingerprint density at radius 1 is 1.11 bits per heavy atom. The molecule has 1 amide bonds. The van der Waals surface area contributed by atoms with E-state index in [-0.39, 0.29) is 5.91 Å². The summed E-state index contributed by atoms with van der Waals surface area (Å²) in [7, 11) is 1.63. The Hall–Kier alpha value is -3.35. The molecular formula is C21H22N4O3. The van der Waals surface area contributed by atoms with Gasteiger partial charge >= 0.3 is 0 Å². The third-order valence-electron chi connectivity index (χ3n) is 4.85. The lowest BCUT2D eigenvalue weighted by Gasteiger charge is -2.34. The molecule has 1 fully saturated rings. The molecule has 3 heterocycles. The Balaban J connectivity index is 1.35. The Morgan fingerprint density at radius 3 is 2.57 bits per heavy atom. The summed E-state index contributed by atoms with van der Waals surface area (Å²) >= 11 is 0. The fourth-order valence-corrected chi connectivity index (χ4v) is 3.25. The molecule has 0 N–H and O–H groups in total. The fourth-order valence-electron chi connectivity index (χ4n) is 3.25. The lowest BCUT2D eigenvalue weighted by Crippen LogP contribution is -2.49. The predicted octanol–water partition coefficient (Wildman–Crippen LogP) is 2.64. The molecule has 1 aliphatic heterocycles. The van der Waals surface area contributed by atoms with Crippen LogP contribution in [0, 0.1) is 0 Å². The second kappa shape index (κ2) is 8.12. The Morgan fingerprint density at radius 2 is 1.89 bits per heavy atom. The molecule has 1 aromatic carbocycles. The molecule has 2 aromatic heterocycles. The van der Waals surface area contributed by atoms with E-state index in [1.165, 1.54) is 0 Å². The summed E-state index contributed by atoms with van der Waals surface area (Å²) in [6.45, 7) is 2.72. The number of furan rings is 1. The van der Waals surface area contributed by atoms with Crippen molar-refractivity contribution in [2.75, 3.05) is 38.2 Å². The molecule has 7 heteroatoms. The van der Waals surface area contributed by atoms with E-state index in [0.29, 0.717) is 38.5 Å². The lowest BCUT2D eigenvalue weighted by atomic mass is 10.1. The number of carbonyl (C=O) groups excluding carboxylic acids is 1. The van der Waals surface area contributed by atoms with Crippen LogP contribution in [-0.4, -0.2) is 54.1 Å². The third kappa shape index (κ3) is 3.98. The van der Waals surface area contributed by atoms with Gasteiger partial charge in [-0.15, -0.1) is 0 Å². The number of ether oxygens (including phenoxy) is 1. The Labute approximate surface area is 163 Å². The summed E-state index contributed by atoms with van der Waals surface area (Å²) in [5, 5.41) is 0. The van der Waals surface area contributed by atoms with E-state index in [4.69, 9.17) is 9.15 Å². The number of piperazine rings is 1. The van der Waals surface area contributed by atoms with Crippen LogP contribution < -0.4 is 9.64 Å². The second-order valence-corrected chi connectivity index (χ2v) is 6.61. The molecule has 0 unspecified atom stereocenters. The van der Waals surface area contributed by atoms with Crippen LogP contribution in [0.4, 0.5) is 5.95 Å². The maximum Gasteiger partial charge on any atom is 0.227 e. The van der Waals surface area contributed by atoms with E-state index in [9.17, 15) is 4.79 Å². The zero-order valence-corrected chi connectivity index (χ0v) is 15.7. The summed E-state index contributed by atoms with van der Waals surface area (Å²) < 4.78 is 10.6. The van der Waals surface area contributed by atoms with Gasteiger partial charge in [-0.25, -0.2) is 9.97 Å². The number of hydrogen-bond donors (Lipinski definition) is 0. The highest BCUT2D eigenvalue weighted by Crippen LogP contribution is 2.20. The Kier molecular flexibility index (Phi) is 5.23. The van der Waals surface area contributed by atoms with Crippen molar-refractivity contribution in [3.63, 3.8) is 0 Å². The molecule has 7 nitrogen and oxygen atoms in total. The van der Waals surface area contributed by atoms with Gasteiger partial charge < -0.3 is 19.0 Å². The van der Waals surface area contributed by atoms with E-state index in [1.54, 1.807) is 19.6 Å². The molecule has 0 spiro atoms. The van der Waals surface area contributed by atoms with Gasteiger partial charge in [-0.1, -0.05) is 12.1 Å². The summed E-state index contributed by atoms with van der Waals surface area (Å²) in [5.74, 6) is 2.31. The molecule has 0 radical (unpaired) electrons. The maximum absolute atomic E-state index is 12.6. The van der Waals surface area contributed by atoms with Crippen molar-refractivity contribution >= 4 is 11.9 Å².